The predicted octanol–water partition coefficient (Wildman–Crippen LogP) is 1.47. The third kappa shape index (κ3) is 5.01. The van der Waals surface area contributed by atoms with Crippen molar-refractivity contribution in [2.45, 2.75) is 38.1 Å². The van der Waals surface area contributed by atoms with Crippen LogP contribution >= 0.6 is 0 Å². The molecule has 2 heterocycles. The Balaban J connectivity index is 1.46. The van der Waals surface area contributed by atoms with Crippen molar-refractivity contribution < 1.29 is 14.0 Å². The quantitative estimate of drug-likeness (QED) is 0.848. The number of hydrogen-bond donors (Lipinski definition) is 2. The summed E-state index contributed by atoms with van der Waals surface area (Å²) in [4.78, 5) is 26.4. The van der Waals surface area contributed by atoms with Gasteiger partial charge in [0.1, 0.15) is 5.82 Å². The molecule has 2 aliphatic rings. The fourth-order valence-electron chi connectivity index (χ4n) is 3.62. The molecule has 25 heavy (non-hydrogen) atoms. The van der Waals surface area contributed by atoms with Gasteiger partial charge in [0.15, 0.2) is 0 Å². The Morgan fingerprint density at radius 3 is 2.72 bits per heavy atom. The minimum absolute atomic E-state index is 0.0557. The maximum atomic E-state index is 13.0. The van der Waals surface area contributed by atoms with Gasteiger partial charge in [0.05, 0.1) is 12.5 Å². The third-order valence-electron chi connectivity index (χ3n) is 5.08. The third-order valence-corrected chi connectivity index (χ3v) is 5.08. The van der Waals surface area contributed by atoms with E-state index in [1.54, 1.807) is 12.1 Å². The zero-order chi connectivity index (χ0) is 17.6. The molecule has 1 aromatic carbocycles. The Bertz CT molecular complexity index is 599. The van der Waals surface area contributed by atoms with E-state index in [4.69, 9.17) is 0 Å². The number of carbonyl (C=O) groups is 2. The van der Waals surface area contributed by atoms with Gasteiger partial charge in [-0.2, -0.15) is 0 Å². The topological polar surface area (TPSA) is 61.4 Å². The molecule has 0 unspecified atom stereocenters. The van der Waals surface area contributed by atoms with Crippen molar-refractivity contribution in [2.75, 3.05) is 26.2 Å². The fraction of sp³-hybridized carbons (Fsp3) is 0.579. The molecular formula is C19H26FN3O2. The smallest absolute Gasteiger partial charge is 0.237 e. The van der Waals surface area contributed by atoms with Crippen LogP contribution in [0.4, 0.5) is 4.39 Å². The van der Waals surface area contributed by atoms with Gasteiger partial charge in [0, 0.05) is 19.6 Å². The summed E-state index contributed by atoms with van der Waals surface area (Å²) in [7, 11) is 0. The molecule has 3 rings (SSSR count). The van der Waals surface area contributed by atoms with Crippen molar-refractivity contribution in [1.82, 2.24) is 15.5 Å². The molecule has 2 N–H and O–H groups in total. The Kier molecular flexibility index (Phi) is 6.02. The summed E-state index contributed by atoms with van der Waals surface area (Å²) in [5.41, 5.74) is 0.828. The highest BCUT2D eigenvalue weighted by atomic mass is 19.1. The predicted molar refractivity (Wildman–Crippen MR) is 93.4 cm³/mol. The van der Waals surface area contributed by atoms with Crippen LogP contribution in [0.1, 0.15) is 31.2 Å². The van der Waals surface area contributed by atoms with E-state index in [0.717, 1.165) is 44.3 Å². The summed E-state index contributed by atoms with van der Waals surface area (Å²) < 4.78 is 13.0. The van der Waals surface area contributed by atoms with E-state index in [0.29, 0.717) is 25.4 Å². The number of nitrogens with zero attached hydrogens (tertiary/aromatic N) is 1. The van der Waals surface area contributed by atoms with Crippen LogP contribution in [0.3, 0.4) is 0 Å². The van der Waals surface area contributed by atoms with Crippen molar-refractivity contribution in [2.24, 2.45) is 5.92 Å². The highest BCUT2D eigenvalue weighted by Gasteiger charge is 2.26. The molecule has 2 saturated heterocycles. The Labute approximate surface area is 148 Å². The largest absolute Gasteiger partial charge is 0.354 e. The van der Waals surface area contributed by atoms with Crippen LogP contribution in [-0.4, -0.2) is 48.9 Å². The van der Waals surface area contributed by atoms with Gasteiger partial charge in [-0.05, 0) is 55.8 Å². The van der Waals surface area contributed by atoms with Crippen LogP contribution < -0.4 is 10.6 Å². The zero-order valence-electron chi connectivity index (χ0n) is 14.5. The summed E-state index contributed by atoms with van der Waals surface area (Å²) in [5, 5.41) is 6.23. The average Bonchev–Trinajstić information content (AvgIpc) is 3.16. The minimum atomic E-state index is -0.290. The number of carbonyl (C=O) groups excluding carboxylic acids is 2. The van der Waals surface area contributed by atoms with E-state index in [1.807, 2.05) is 4.90 Å². The molecule has 2 aliphatic heterocycles. The summed E-state index contributed by atoms with van der Waals surface area (Å²) in [6, 6.07) is 6.02. The lowest BCUT2D eigenvalue weighted by atomic mass is 9.97. The molecular weight excluding hydrogens is 321 g/mol. The molecule has 0 saturated carbocycles. The van der Waals surface area contributed by atoms with Gasteiger partial charge < -0.3 is 15.5 Å². The number of likely N-dealkylation sites (tertiary alicyclic amines) is 1. The molecule has 1 aromatic rings. The number of hydrogen-bond acceptors (Lipinski definition) is 3. The van der Waals surface area contributed by atoms with Crippen LogP contribution in [0.2, 0.25) is 0 Å². The molecule has 136 valence electrons. The normalized spacial score (nSPS) is 23.5. The first-order chi connectivity index (χ1) is 12.1. The second kappa shape index (κ2) is 8.43. The molecule has 6 heteroatoms. The van der Waals surface area contributed by atoms with Crippen molar-refractivity contribution >= 4 is 11.8 Å². The van der Waals surface area contributed by atoms with Crippen LogP contribution in [0.15, 0.2) is 24.3 Å². The first-order valence-corrected chi connectivity index (χ1v) is 9.15. The maximum absolute atomic E-state index is 13.0. The molecule has 0 aromatic heterocycles. The molecule has 5 nitrogen and oxygen atoms in total. The van der Waals surface area contributed by atoms with Gasteiger partial charge in [-0.3, -0.25) is 9.59 Å². The van der Waals surface area contributed by atoms with E-state index >= 15 is 0 Å². The zero-order valence-corrected chi connectivity index (χ0v) is 14.5. The molecule has 0 bridgehead atoms. The number of piperidine rings is 1. The second-order valence-corrected chi connectivity index (χ2v) is 7.05. The first-order valence-electron chi connectivity index (χ1n) is 9.15. The highest BCUT2D eigenvalue weighted by molar-refractivity contribution is 5.82. The van der Waals surface area contributed by atoms with E-state index in [-0.39, 0.29) is 23.7 Å². The van der Waals surface area contributed by atoms with Gasteiger partial charge in [-0.25, -0.2) is 4.39 Å². The SMILES string of the molecule is O=C(NC[C@H]1CCCN(C(=O)Cc2ccc(F)cc2)C1)[C@@H]1CCCN1. The van der Waals surface area contributed by atoms with Crippen LogP contribution in [0, 0.1) is 11.7 Å². The number of benzene rings is 1. The summed E-state index contributed by atoms with van der Waals surface area (Å²) in [6.07, 6.45) is 4.23. The summed E-state index contributed by atoms with van der Waals surface area (Å²) in [5.74, 6) is 0.158. The van der Waals surface area contributed by atoms with Gasteiger partial charge in [-0.1, -0.05) is 12.1 Å². The number of amides is 2. The van der Waals surface area contributed by atoms with Crippen molar-refractivity contribution in [3.63, 3.8) is 0 Å². The van der Waals surface area contributed by atoms with E-state index in [2.05, 4.69) is 10.6 Å². The Morgan fingerprint density at radius 2 is 2.00 bits per heavy atom. The number of halogens is 1. The standard InChI is InChI=1S/C19H26FN3O2/c20-16-7-5-14(6-8-16)11-18(24)23-10-2-3-15(13-23)12-22-19(25)17-4-1-9-21-17/h5-8,15,17,21H,1-4,9-13H2,(H,22,25)/t15-,17+/m1/s1. The molecule has 0 spiro atoms. The molecule has 2 atom stereocenters. The molecule has 0 radical (unpaired) electrons. The second-order valence-electron chi connectivity index (χ2n) is 7.05. The van der Waals surface area contributed by atoms with Gasteiger partial charge in [0.2, 0.25) is 11.8 Å². The van der Waals surface area contributed by atoms with Gasteiger partial charge >= 0.3 is 0 Å². The summed E-state index contributed by atoms with van der Waals surface area (Å²) >= 11 is 0. The first kappa shape index (κ1) is 17.9. The molecule has 0 aliphatic carbocycles. The molecule has 2 amide bonds. The van der Waals surface area contributed by atoms with Crippen molar-refractivity contribution in [3.05, 3.63) is 35.6 Å². The van der Waals surface area contributed by atoms with E-state index < -0.39 is 0 Å². The Hall–Kier alpha value is -1.95. The Morgan fingerprint density at radius 1 is 1.20 bits per heavy atom. The van der Waals surface area contributed by atoms with Crippen LogP contribution in [0.5, 0.6) is 0 Å². The summed E-state index contributed by atoms with van der Waals surface area (Å²) in [6.45, 7) is 2.97. The lowest BCUT2D eigenvalue weighted by Gasteiger charge is -2.33. The van der Waals surface area contributed by atoms with Crippen molar-refractivity contribution in [1.29, 1.82) is 0 Å². The maximum Gasteiger partial charge on any atom is 0.237 e. The minimum Gasteiger partial charge on any atom is -0.354 e. The number of nitrogens with one attached hydrogen (secondary N) is 2. The molecule has 2 fully saturated rings. The van der Waals surface area contributed by atoms with Gasteiger partial charge in [-0.15, -0.1) is 0 Å². The average molecular weight is 347 g/mol. The van der Waals surface area contributed by atoms with E-state index in [1.165, 1.54) is 12.1 Å². The highest BCUT2D eigenvalue weighted by Crippen LogP contribution is 2.17. The van der Waals surface area contributed by atoms with E-state index in [9.17, 15) is 14.0 Å². The fourth-order valence-corrected chi connectivity index (χ4v) is 3.62. The van der Waals surface area contributed by atoms with Crippen LogP contribution in [-0.2, 0) is 16.0 Å². The van der Waals surface area contributed by atoms with Crippen LogP contribution in [0.25, 0.3) is 0 Å². The monoisotopic (exact) mass is 347 g/mol. The lowest BCUT2D eigenvalue weighted by Crippen LogP contribution is -2.47. The number of rotatable bonds is 5. The lowest BCUT2D eigenvalue weighted by molar-refractivity contribution is -0.132. The van der Waals surface area contributed by atoms with Gasteiger partial charge in [0.25, 0.3) is 0 Å². The van der Waals surface area contributed by atoms with Crippen molar-refractivity contribution in [3.8, 4) is 0 Å².